The molecule has 0 fully saturated rings. The Morgan fingerprint density at radius 3 is 1.33 bits per heavy atom. The molecule has 4 heteroatoms. The molecule has 0 atom stereocenters. The Morgan fingerprint density at radius 2 is 0.967 bits per heavy atom. The fourth-order valence-electron chi connectivity index (χ4n) is 3.10. The van der Waals surface area contributed by atoms with Crippen LogP contribution < -0.4 is 0 Å². The number of hydrogen-bond donors (Lipinski definition) is 0. The third kappa shape index (κ3) is 4.78. The summed E-state index contributed by atoms with van der Waals surface area (Å²) < 4.78 is 4.75. The number of Topliss-reactive ketones (excluding diaryl/α,β-unsaturated/α-hetero) is 2. The highest BCUT2D eigenvalue weighted by molar-refractivity contribution is 5.97. The zero-order chi connectivity index (χ0) is 21.7. The van der Waals surface area contributed by atoms with Gasteiger partial charge in [0.2, 0.25) is 0 Å². The van der Waals surface area contributed by atoms with Crippen LogP contribution in [0.5, 0.6) is 0 Å². The van der Waals surface area contributed by atoms with E-state index in [0.29, 0.717) is 16.7 Å². The van der Waals surface area contributed by atoms with Crippen molar-refractivity contribution in [3.63, 3.8) is 0 Å². The summed E-state index contributed by atoms with van der Waals surface area (Å²) in [5, 5.41) is 0. The summed E-state index contributed by atoms with van der Waals surface area (Å²) in [6.07, 6.45) is 2.01. The smallest absolute Gasteiger partial charge is 0.337 e. The summed E-state index contributed by atoms with van der Waals surface area (Å²) in [5.41, 5.74) is 5.49. The fourth-order valence-corrected chi connectivity index (χ4v) is 3.10. The predicted octanol–water partition coefficient (Wildman–Crippen LogP) is 5.47. The molecule has 0 radical (unpaired) electrons. The van der Waals surface area contributed by atoms with Crippen LogP contribution in [0, 0.1) is 0 Å². The van der Waals surface area contributed by atoms with Crippen molar-refractivity contribution < 1.29 is 19.1 Å². The van der Waals surface area contributed by atoms with Crippen molar-refractivity contribution in [2.24, 2.45) is 0 Å². The summed E-state index contributed by atoms with van der Waals surface area (Å²) in [6.45, 7) is 3.07. The third-order valence-electron chi connectivity index (χ3n) is 4.85. The number of benzene rings is 3. The van der Waals surface area contributed by atoms with Crippen molar-refractivity contribution in [2.45, 2.75) is 13.8 Å². The van der Waals surface area contributed by atoms with E-state index in [0.717, 1.165) is 22.3 Å². The minimum absolute atomic E-state index is 0.0105. The summed E-state index contributed by atoms with van der Waals surface area (Å²) in [4.78, 5) is 34.9. The van der Waals surface area contributed by atoms with Crippen molar-refractivity contribution in [1.29, 1.82) is 0 Å². The van der Waals surface area contributed by atoms with Gasteiger partial charge in [0.05, 0.1) is 12.7 Å². The normalized spacial score (nSPS) is 10.2. The van der Waals surface area contributed by atoms with Gasteiger partial charge in [0.15, 0.2) is 11.6 Å². The van der Waals surface area contributed by atoms with Crippen LogP contribution in [-0.4, -0.2) is 24.6 Å². The maximum Gasteiger partial charge on any atom is 0.337 e. The molecule has 150 valence electrons. The van der Waals surface area contributed by atoms with E-state index in [1.807, 2.05) is 42.5 Å². The van der Waals surface area contributed by atoms with Crippen molar-refractivity contribution in [2.75, 3.05) is 7.11 Å². The number of rotatable bonds is 6. The minimum atomic E-state index is -0.384. The topological polar surface area (TPSA) is 60.4 Å². The number of carbonyl (C=O) groups is 3. The van der Waals surface area contributed by atoms with Gasteiger partial charge >= 0.3 is 5.97 Å². The Balaban J connectivity index is 2.06. The molecule has 30 heavy (non-hydrogen) atoms. The van der Waals surface area contributed by atoms with Crippen LogP contribution in [0.15, 0.2) is 72.8 Å². The van der Waals surface area contributed by atoms with Crippen LogP contribution in [0.4, 0.5) is 0 Å². The molecule has 0 saturated heterocycles. The lowest BCUT2D eigenvalue weighted by Crippen LogP contribution is -2.00. The Kier molecular flexibility index (Phi) is 6.38. The van der Waals surface area contributed by atoms with Gasteiger partial charge in [0, 0.05) is 11.1 Å². The quantitative estimate of drug-likeness (QED) is 0.314. The van der Waals surface area contributed by atoms with Crippen LogP contribution in [-0.2, 0) is 4.74 Å². The van der Waals surface area contributed by atoms with Crippen LogP contribution in [0.1, 0.15) is 61.6 Å². The Labute approximate surface area is 175 Å². The van der Waals surface area contributed by atoms with Gasteiger partial charge in [-0.15, -0.1) is 0 Å². The highest BCUT2D eigenvalue weighted by Gasteiger charge is 2.09. The summed E-state index contributed by atoms with van der Waals surface area (Å²) in [5.74, 6) is -0.363. The first-order valence-corrected chi connectivity index (χ1v) is 9.52. The first-order valence-electron chi connectivity index (χ1n) is 9.52. The Morgan fingerprint density at radius 1 is 0.600 bits per heavy atom. The summed E-state index contributed by atoms with van der Waals surface area (Å²) >= 11 is 0. The van der Waals surface area contributed by atoms with Gasteiger partial charge in [0.25, 0.3) is 0 Å². The number of carbonyl (C=O) groups excluding carboxylic acids is 3. The molecule has 0 bridgehead atoms. The van der Waals surface area contributed by atoms with Gasteiger partial charge < -0.3 is 4.74 Å². The molecule has 0 aliphatic carbocycles. The van der Waals surface area contributed by atoms with E-state index in [-0.39, 0.29) is 17.5 Å². The van der Waals surface area contributed by atoms with Gasteiger partial charge in [-0.3, -0.25) is 9.59 Å². The predicted molar refractivity (Wildman–Crippen MR) is 118 cm³/mol. The molecular weight excluding hydrogens is 376 g/mol. The average Bonchev–Trinajstić information content (AvgIpc) is 2.77. The van der Waals surface area contributed by atoms with Gasteiger partial charge in [-0.05, 0) is 54.3 Å². The first-order chi connectivity index (χ1) is 14.4. The Bertz CT molecular complexity index is 1040. The zero-order valence-corrected chi connectivity index (χ0v) is 17.1. The molecule has 0 heterocycles. The second-order valence-corrected chi connectivity index (χ2v) is 6.94. The largest absolute Gasteiger partial charge is 0.465 e. The standard InChI is InChI=1S/C26H22O4/c1-17(27)20-8-12-22(13-9-20)25(23-14-10-21(11-15-23)18(2)28)16-19-4-6-24(7-5-19)26(29)30-3/h4-16H,1-3H3. The molecule has 3 aromatic carbocycles. The lowest BCUT2D eigenvalue weighted by molar-refractivity contribution is 0.0600. The summed E-state index contributed by atoms with van der Waals surface area (Å²) in [7, 11) is 1.35. The van der Waals surface area contributed by atoms with E-state index >= 15 is 0 Å². The van der Waals surface area contributed by atoms with Crippen LogP contribution in [0.2, 0.25) is 0 Å². The molecule has 3 rings (SSSR count). The highest BCUT2D eigenvalue weighted by atomic mass is 16.5. The molecule has 0 aliphatic rings. The van der Waals surface area contributed by atoms with E-state index < -0.39 is 0 Å². The van der Waals surface area contributed by atoms with Gasteiger partial charge in [-0.25, -0.2) is 4.79 Å². The van der Waals surface area contributed by atoms with Crippen LogP contribution in [0.3, 0.4) is 0 Å². The number of ether oxygens (including phenoxy) is 1. The zero-order valence-electron chi connectivity index (χ0n) is 17.1. The second kappa shape index (κ2) is 9.14. The molecule has 0 saturated carbocycles. The fraction of sp³-hybridized carbons (Fsp3) is 0.115. The number of ketones is 2. The van der Waals surface area contributed by atoms with E-state index in [9.17, 15) is 14.4 Å². The monoisotopic (exact) mass is 398 g/mol. The second-order valence-electron chi connectivity index (χ2n) is 6.94. The van der Waals surface area contributed by atoms with Crippen LogP contribution >= 0.6 is 0 Å². The summed E-state index contributed by atoms with van der Waals surface area (Å²) in [6, 6.07) is 22.0. The first kappa shape index (κ1) is 20.9. The van der Waals surface area contributed by atoms with Crippen molar-refractivity contribution >= 4 is 29.2 Å². The van der Waals surface area contributed by atoms with Crippen molar-refractivity contribution in [1.82, 2.24) is 0 Å². The van der Waals surface area contributed by atoms with Gasteiger partial charge in [0.1, 0.15) is 0 Å². The van der Waals surface area contributed by atoms with Gasteiger partial charge in [-0.1, -0.05) is 60.7 Å². The molecule has 0 spiro atoms. The van der Waals surface area contributed by atoms with E-state index in [1.54, 1.807) is 36.4 Å². The third-order valence-corrected chi connectivity index (χ3v) is 4.85. The van der Waals surface area contributed by atoms with Crippen molar-refractivity contribution in [3.05, 3.63) is 106 Å². The molecule has 3 aromatic rings. The maximum absolute atomic E-state index is 11.7. The molecule has 0 aliphatic heterocycles. The molecule has 0 N–H and O–H groups in total. The van der Waals surface area contributed by atoms with E-state index in [1.165, 1.54) is 21.0 Å². The van der Waals surface area contributed by atoms with Crippen molar-refractivity contribution in [3.8, 4) is 0 Å². The van der Waals surface area contributed by atoms with E-state index in [4.69, 9.17) is 4.74 Å². The maximum atomic E-state index is 11.7. The molecule has 0 amide bonds. The van der Waals surface area contributed by atoms with Crippen LogP contribution in [0.25, 0.3) is 11.6 Å². The lowest BCUT2D eigenvalue weighted by atomic mass is 9.93. The highest BCUT2D eigenvalue weighted by Crippen LogP contribution is 2.27. The Hall–Kier alpha value is -3.79. The number of methoxy groups -OCH3 is 1. The molecule has 0 aromatic heterocycles. The average molecular weight is 398 g/mol. The minimum Gasteiger partial charge on any atom is -0.465 e. The number of hydrogen-bond acceptors (Lipinski definition) is 4. The SMILES string of the molecule is COC(=O)c1ccc(C=C(c2ccc(C(C)=O)cc2)c2ccc(C(C)=O)cc2)cc1. The van der Waals surface area contributed by atoms with Gasteiger partial charge in [-0.2, -0.15) is 0 Å². The van der Waals surface area contributed by atoms with E-state index in [2.05, 4.69) is 0 Å². The molecule has 4 nitrogen and oxygen atoms in total. The number of esters is 1. The molecular formula is C26H22O4. The molecule has 0 unspecified atom stereocenters. The lowest BCUT2D eigenvalue weighted by Gasteiger charge is -2.11.